The molecule has 3 rings (SSSR count). The Morgan fingerprint density at radius 3 is 2.58 bits per heavy atom. The van der Waals surface area contributed by atoms with Crippen LogP contribution in [0.15, 0.2) is 54.7 Å². The largest absolute Gasteiger partial charge is 0.478 e. The van der Waals surface area contributed by atoms with Crippen LogP contribution in [-0.2, 0) is 16.0 Å². The lowest BCUT2D eigenvalue weighted by Crippen LogP contribution is -2.23. The fourth-order valence-corrected chi connectivity index (χ4v) is 2.65. The van der Waals surface area contributed by atoms with Gasteiger partial charge < -0.3 is 9.84 Å². The third-order valence-corrected chi connectivity index (χ3v) is 3.85. The Labute approximate surface area is 138 Å². The molecule has 0 aliphatic heterocycles. The molecule has 122 valence electrons. The number of hydrogen-bond acceptors (Lipinski definition) is 4. The topological polar surface area (TPSA) is 81.4 Å². The summed E-state index contributed by atoms with van der Waals surface area (Å²) >= 11 is 0. The van der Waals surface area contributed by atoms with E-state index in [0.29, 0.717) is 17.3 Å². The van der Waals surface area contributed by atoms with Gasteiger partial charge in [-0.05, 0) is 11.6 Å². The van der Waals surface area contributed by atoms with E-state index in [4.69, 9.17) is 4.74 Å². The van der Waals surface area contributed by atoms with Gasteiger partial charge in [0.25, 0.3) is 0 Å². The molecular formula is C18H16N2O4. The number of rotatable bonds is 5. The van der Waals surface area contributed by atoms with Crippen LogP contribution in [-0.4, -0.2) is 33.9 Å². The van der Waals surface area contributed by atoms with Crippen LogP contribution in [0.5, 0.6) is 0 Å². The molecule has 1 unspecified atom stereocenters. The number of ether oxygens (including phenoxy) is 1. The molecule has 0 bridgehead atoms. The molecule has 0 spiro atoms. The van der Waals surface area contributed by atoms with E-state index in [-0.39, 0.29) is 5.56 Å². The molecule has 0 radical (unpaired) electrons. The maximum Gasteiger partial charge on any atom is 0.337 e. The molecular weight excluding hydrogens is 308 g/mol. The van der Waals surface area contributed by atoms with Gasteiger partial charge in [0.05, 0.1) is 12.7 Å². The Bertz CT molecular complexity index is 886. The average molecular weight is 324 g/mol. The maximum absolute atomic E-state index is 12.2. The summed E-state index contributed by atoms with van der Waals surface area (Å²) in [6.45, 7) is 0. The van der Waals surface area contributed by atoms with E-state index in [1.165, 1.54) is 17.9 Å². The van der Waals surface area contributed by atoms with Crippen LogP contribution in [0.4, 0.5) is 0 Å². The van der Waals surface area contributed by atoms with Crippen LogP contribution in [0.2, 0.25) is 0 Å². The lowest BCUT2D eigenvalue weighted by atomic mass is 10.1. The second-order valence-electron chi connectivity index (χ2n) is 5.39. The monoisotopic (exact) mass is 324 g/mol. The molecule has 1 N–H and O–H groups in total. The predicted molar refractivity (Wildman–Crippen MR) is 87.9 cm³/mol. The maximum atomic E-state index is 12.2. The highest BCUT2D eigenvalue weighted by Crippen LogP contribution is 2.22. The molecule has 2 aromatic carbocycles. The Balaban J connectivity index is 2.04. The number of carbonyl (C=O) groups is 2. The molecule has 0 fully saturated rings. The third-order valence-electron chi connectivity index (χ3n) is 3.85. The van der Waals surface area contributed by atoms with Gasteiger partial charge in [0.15, 0.2) is 6.04 Å². The van der Waals surface area contributed by atoms with Crippen molar-refractivity contribution in [3.8, 4) is 0 Å². The van der Waals surface area contributed by atoms with Crippen LogP contribution in [0.3, 0.4) is 0 Å². The molecule has 0 amide bonds. The lowest BCUT2D eigenvalue weighted by molar-refractivity contribution is -0.144. The summed E-state index contributed by atoms with van der Waals surface area (Å²) in [5.74, 6) is -1.48. The highest BCUT2D eigenvalue weighted by Gasteiger charge is 2.24. The second kappa shape index (κ2) is 6.54. The Morgan fingerprint density at radius 2 is 1.92 bits per heavy atom. The highest BCUT2D eigenvalue weighted by atomic mass is 16.5. The van der Waals surface area contributed by atoms with Gasteiger partial charge in [-0.3, -0.25) is 4.68 Å². The van der Waals surface area contributed by atoms with Crippen molar-refractivity contribution in [2.24, 2.45) is 0 Å². The van der Waals surface area contributed by atoms with Crippen molar-refractivity contribution in [2.45, 2.75) is 12.5 Å². The molecule has 1 heterocycles. The number of aromatic carboxylic acids is 1. The summed E-state index contributed by atoms with van der Waals surface area (Å²) in [7, 11) is 1.33. The lowest BCUT2D eigenvalue weighted by Gasteiger charge is -2.15. The van der Waals surface area contributed by atoms with Crippen molar-refractivity contribution in [1.29, 1.82) is 0 Å². The number of methoxy groups -OCH3 is 1. The van der Waals surface area contributed by atoms with Crippen LogP contribution in [0.1, 0.15) is 22.0 Å². The van der Waals surface area contributed by atoms with Crippen molar-refractivity contribution < 1.29 is 19.4 Å². The van der Waals surface area contributed by atoms with Crippen molar-refractivity contribution in [2.75, 3.05) is 7.11 Å². The molecule has 6 nitrogen and oxygen atoms in total. The standard InChI is InChI=1S/C18H16N2O4/c1-24-18(23)15(10-12-6-3-2-4-7-12)20-11-13-8-5-9-14(17(21)22)16(13)19-20/h2-9,11,15H,10H2,1H3,(H,21,22). The summed E-state index contributed by atoms with van der Waals surface area (Å²) in [4.78, 5) is 23.5. The predicted octanol–water partition coefficient (Wildman–Crippen LogP) is 2.69. The number of carbonyl (C=O) groups excluding carboxylic acids is 1. The number of aromatic nitrogens is 2. The van der Waals surface area contributed by atoms with Crippen LogP contribution < -0.4 is 0 Å². The minimum atomic E-state index is -1.05. The van der Waals surface area contributed by atoms with E-state index in [9.17, 15) is 14.7 Å². The van der Waals surface area contributed by atoms with Gasteiger partial charge in [-0.15, -0.1) is 0 Å². The average Bonchev–Trinajstić information content (AvgIpc) is 3.03. The molecule has 0 aliphatic rings. The van der Waals surface area contributed by atoms with Crippen LogP contribution >= 0.6 is 0 Å². The van der Waals surface area contributed by atoms with E-state index in [1.54, 1.807) is 18.3 Å². The number of esters is 1. The third kappa shape index (κ3) is 2.99. The first-order valence-electron chi connectivity index (χ1n) is 7.43. The second-order valence-corrected chi connectivity index (χ2v) is 5.39. The fourth-order valence-electron chi connectivity index (χ4n) is 2.65. The normalized spacial score (nSPS) is 12.0. The molecule has 0 saturated carbocycles. The summed E-state index contributed by atoms with van der Waals surface area (Å²) < 4.78 is 6.38. The molecule has 1 aromatic heterocycles. The number of benzene rings is 2. The molecule has 3 aromatic rings. The van der Waals surface area contributed by atoms with E-state index < -0.39 is 18.0 Å². The molecule has 0 aliphatic carbocycles. The zero-order valence-electron chi connectivity index (χ0n) is 13.0. The fraction of sp³-hybridized carbons (Fsp3) is 0.167. The minimum Gasteiger partial charge on any atom is -0.478 e. The number of carboxylic acid groups (broad SMARTS) is 1. The first kappa shape index (κ1) is 15.7. The van der Waals surface area contributed by atoms with E-state index in [2.05, 4.69) is 5.10 Å². The summed E-state index contributed by atoms with van der Waals surface area (Å²) in [6.07, 6.45) is 2.08. The van der Waals surface area contributed by atoms with Crippen LogP contribution in [0.25, 0.3) is 10.9 Å². The van der Waals surface area contributed by atoms with Gasteiger partial charge in [-0.25, -0.2) is 9.59 Å². The van der Waals surface area contributed by atoms with Gasteiger partial charge in [-0.1, -0.05) is 42.5 Å². The first-order valence-corrected chi connectivity index (χ1v) is 7.43. The van der Waals surface area contributed by atoms with E-state index in [1.807, 2.05) is 30.3 Å². The number of carboxylic acids is 1. The van der Waals surface area contributed by atoms with Gasteiger partial charge in [0, 0.05) is 18.0 Å². The Morgan fingerprint density at radius 1 is 1.17 bits per heavy atom. The van der Waals surface area contributed by atoms with Gasteiger partial charge in [0.1, 0.15) is 5.52 Å². The smallest absolute Gasteiger partial charge is 0.337 e. The number of nitrogens with zero attached hydrogens (tertiary/aromatic N) is 2. The van der Waals surface area contributed by atoms with Gasteiger partial charge in [0.2, 0.25) is 0 Å². The van der Waals surface area contributed by atoms with Crippen molar-refractivity contribution in [3.63, 3.8) is 0 Å². The van der Waals surface area contributed by atoms with Crippen molar-refractivity contribution >= 4 is 22.8 Å². The van der Waals surface area contributed by atoms with Gasteiger partial charge >= 0.3 is 11.9 Å². The molecule has 24 heavy (non-hydrogen) atoms. The summed E-state index contributed by atoms with van der Waals surface area (Å²) in [6, 6.07) is 13.8. The van der Waals surface area contributed by atoms with Crippen molar-refractivity contribution in [1.82, 2.24) is 9.78 Å². The first-order chi connectivity index (χ1) is 11.6. The number of hydrogen-bond donors (Lipinski definition) is 1. The van der Waals surface area contributed by atoms with Crippen molar-refractivity contribution in [3.05, 3.63) is 65.9 Å². The van der Waals surface area contributed by atoms with Gasteiger partial charge in [-0.2, -0.15) is 5.10 Å². The summed E-state index contributed by atoms with van der Waals surface area (Å²) in [5, 5.41) is 14.3. The van der Waals surface area contributed by atoms with E-state index >= 15 is 0 Å². The Hall–Kier alpha value is -3.15. The Kier molecular flexibility index (Phi) is 4.29. The minimum absolute atomic E-state index is 0.106. The zero-order valence-corrected chi connectivity index (χ0v) is 13.0. The molecule has 6 heteroatoms. The quantitative estimate of drug-likeness (QED) is 0.730. The van der Waals surface area contributed by atoms with E-state index in [0.717, 1.165) is 5.56 Å². The SMILES string of the molecule is COC(=O)C(Cc1ccccc1)n1cc2cccc(C(=O)O)c2n1. The zero-order chi connectivity index (χ0) is 17.1. The number of fused-ring (bicyclic) bond motifs is 1. The van der Waals surface area contributed by atoms with Crippen LogP contribution in [0, 0.1) is 0 Å². The summed E-state index contributed by atoms with van der Waals surface area (Å²) in [5.41, 5.74) is 1.42. The molecule has 0 saturated heterocycles. The molecule has 1 atom stereocenters. The highest BCUT2D eigenvalue weighted by molar-refractivity contribution is 6.01.